The minimum absolute atomic E-state index is 0.0598. The zero-order valence-electron chi connectivity index (χ0n) is 23.0. The number of rotatable bonds is 10. The lowest BCUT2D eigenvalue weighted by molar-refractivity contribution is -0.139. The summed E-state index contributed by atoms with van der Waals surface area (Å²) in [6.45, 7) is 12.6. The van der Waals surface area contributed by atoms with E-state index in [-0.39, 0.29) is 12.8 Å². The van der Waals surface area contributed by atoms with Gasteiger partial charge in [-0.1, -0.05) is 49.1 Å². The average molecular weight is 523 g/mol. The molecule has 0 fully saturated rings. The van der Waals surface area contributed by atoms with Gasteiger partial charge in [0.15, 0.2) is 0 Å². The predicted molar refractivity (Wildman–Crippen MR) is 148 cm³/mol. The summed E-state index contributed by atoms with van der Waals surface area (Å²) in [4.78, 5) is 52.7. The molecular weight excluding hydrogens is 484 g/mol. The van der Waals surface area contributed by atoms with Gasteiger partial charge in [-0.25, -0.2) is 4.79 Å². The Hall–Kier alpha value is -4.14. The molecule has 0 radical (unpaired) electrons. The number of ether oxygens (including phenoxy) is 1. The third-order valence-corrected chi connectivity index (χ3v) is 5.84. The number of hydrogen-bond donors (Lipinski definition) is 3. The molecule has 2 unspecified atom stereocenters. The van der Waals surface area contributed by atoms with E-state index in [2.05, 4.69) is 17.2 Å². The highest BCUT2D eigenvalue weighted by molar-refractivity contribution is 6.00. The molecule has 0 saturated carbocycles. The van der Waals surface area contributed by atoms with Gasteiger partial charge in [0.2, 0.25) is 11.8 Å². The highest BCUT2D eigenvalue weighted by atomic mass is 16.6. The molecule has 0 heterocycles. The lowest BCUT2D eigenvalue weighted by Crippen LogP contribution is -2.51. The molecule has 9 heteroatoms. The summed E-state index contributed by atoms with van der Waals surface area (Å²) < 4.78 is 5.31. The number of nitrogens with one attached hydrogen (secondary N) is 2. The van der Waals surface area contributed by atoms with Gasteiger partial charge in [0, 0.05) is 19.2 Å². The monoisotopic (exact) mass is 522 g/mol. The van der Waals surface area contributed by atoms with Gasteiger partial charge < -0.3 is 26.0 Å². The van der Waals surface area contributed by atoms with E-state index >= 15 is 0 Å². The summed E-state index contributed by atoms with van der Waals surface area (Å²) in [5.41, 5.74) is 8.23. The molecule has 0 aliphatic carbocycles. The maximum absolute atomic E-state index is 13.7. The maximum atomic E-state index is 13.7. The zero-order chi connectivity index (χ0) is 28.6. The van der Waals surface area contributed by atoms with Crippen LogP contribution in [0.2, 0.25) is 0 Å². The number of likely N-dealkylation sites (N-methyl/N-ethyl adjacent to an activating group) is 1. The van der Waals surface area contributed by atoms with Crippen molar-refractivity contribution in [1.29, 1.82) is 0 Å². The van der Waals surface area contributed by atoms with Gasteiger partial charge in [-0.3, -0.25) is 14.4 Å². The summed E-state index contributed by atoms with van der Waals surface area (Å²) in [6.07, 6.45) is 0.617. The summed E-state index contributed by atoms with van der Waals surface area (Å²) in [5.74, 6) is -1.65. The van der Waals surface area contributed by atoms with Gasteiger partial charge in [0.25, 0.3) is 5.91 Å². The number of anilines is 1. The molecule has 2 atom stereocenters. The first kappa shape index (κ1) is 30.1. The normalized spacial score (nSPS) is 12.6. The molecule has 2 aromatic carbocycles. The number of nitrogens with two attached hydrogens (primary N) is 1. The lowest BCUT2D eigenvalue weighted by Gasteiger charge is -2.32. The topological polar surface area (TPSA) is 131 Å². The Morgan fingerprint density at radius 2 is 1.68 bits per heavy atom. The second kappa shape index (κ2) is 12.9. The fourth-order valence-corrected chi connectivity index (χ4v) is 3.98. The molecule has 2 aromatic rings. The van der Waals surface area contributed by atoms with E-state index in [1.807, 2.05) is 38.1 Å². The van der Waals surface area contributed by atoms with Gasteiger partial charge in [0.1, 0.15) is 17.7 Å². The SMILES string of the molecule is C=Cc1cccc(C(C(=O)Nc2c(C)cccc2C)N(C)C(=O)C(CCC(N)=O)NC(=O)OC(C)(C)C)c1. The summed E-state index contributed by atoms with van der Waals surface area (Å²) >= 11 is 0. The summed E-state index contributed by atoms with van der Waals surface area (Å²) in [6, 6.07) is 10.6. The van der Waals surface area contributed by atoms with E-state index in [0.29, 0.717) is 11.3 Å². The molecule has 9 nitrogen and oxygen atoms in total. The van der Waals surface area contributed by atoms with Crippen molar-refractivity contribution in [1.82, 2.24) is 10.2 Å². The molecular formula is C29H38N4O5. The summed E-state index contributed by atoms with van der Waals surface area (Å²) in [7, 11) is 1.48. The van der Waals surface area contributed by atoms with Crippen LogP contribution < -0.4 is 16.4 Å². The van der Waals surface area contributed by atoms with Crippen molar-refractivity contribution in [3.63, 3.8) is 0 Å². The van der Waals surface area contributed by atoms with Crippen molar-refractivity contribution in [2.75, 3.05) is 12.4 Å². The van der Waals surface area contributed by atoms with Crippen molar-refractivity contribution in [2.24, 2.45) is 5.73 Å². The third-order valence-electron chi connectivity index (χ3n) is 5.84. The van der Waals surface area contributed by atoms with Crippen molar-refractivity contribution < 1.29 is 23.9 Å². The number of amides is 4. The molecule has 0 aliphatic rings. The van der Waals surface area contributed by atoms with Gasteiger partial charge in [-0.2, -0.15) is 0 Å². The fourth-order valence-electron chi connectivity index (χ4n) is 3.98. The highest BCUT2D eigenvalue weighted by Gasteiger charge is 2.34. The molecule has 4 amide bonds. The first-order chi connectivity index (χ1) is 17.7. The first-order valence-corrected chi connectivity index (χ1v) is 12.4. The van der Waals surface area contributed by atoms with Crippen molar-refractivity contribution in [3.8, 4) is 0 Å². The van der Waals surface area contributed by atoms with E-state index in [9.17, 15) is 19.2 Å². The highest BCUT2D eigenvalue weighted by Crippen LogP contribution is 2.27. The number of hydrogen-bond acceptors (Lipinski definition) is 5. The van der Waals surface area contributed by atoms with E-state index in [0.717, 1.165) is 16.7 Å². The van der Waals surface area contributed by atoms with E-state index in [1.165, 1.54) is 11.9 Å². The molecule has 204 valence electrons. The largest absolute Gasteiger partial charge is 0.444 e. The number of carbonyl (C=O) groups excluding carboxylic acids is 4. The number of aryl methyl sites for hydroxylation is 2. The molecule has 2 rings (SSSR count). The van der Waals surface area contributed by atoms with Crippen molar-refractivity contribution in [2.45, 2.75) is 65.1 Å². The Bertz CT molecular complexity index is 1180. The fraction of sp³-hybridized carbons (Fsp3) is 0.379. The smallest absolute Gasteiger partial charge is 0.408 e. The van der Waals surface area contributed by atoms with Crippen LogP contribution in [0.25, 0.3) is 6.08 Å². The Labute approximate surface area is 224 Å². The molecule has 4 N–H and O–H groups in total. The predicted octanol–water partition coefficient (Wildman–Crippen LogP) is 4.24. The minimum atomic E-state index is -1.15. The van der Waals surface area contributed by atoms with Gasteiger partial charge in [-0.15, -0.1) is 0 Å². The average Bonchev–Trinajstić information content (AvgIpc) is 2.82. The Kier molecular flexibility index (Phi) is 10.2. The van der Waals surface area contributed by atoms with Gasteiger partial charge in [0.05, 0.1) is 0 Å². The number of benzene rings is 2. The molecule has 38 heavy (non-hydrogen) atoms. The van der Waals surface area contributed by atoms with E-state index in [1.54, 1.807) is 45.0 Å². The number of alkyl carbamates (subject to hydrolysis) is 1. The van der Waals surface area contributed by atoms with Crippen LogP contribution in [0.4, 0.5) is 10.5 Å². The number of carbonyl (C=O) groups is 4. The van der Waals surface area contributed by atoms with Crippen LogP contribution >= 0.6 is 0 Å². The lowest BCUT2D eigenvalue weighted by atomic mass is 9.99. The van der Waals surface area contributed by atoms with Gasteiger partial charge in [-0.05, 0) is 69.4 Å². The van der Waals surface area contributed by atoms with E-state index in [4.69, 9.17) is 10.5 Å². The Balaban J connectivity index is 2.47. The second-order valence-corrected chi connectivity index (χ2v) is 10.2. The Morgan fingerprint density at radius 3 is 2.24 bits per heavy atom. The molecule has 0 aliphatic heterocycles. The maximum Gasteiger partial charge on any atom is 0.408 e. The molecule has 0 bridgehead atoms. The quantitative estimate of drug-likeness (QED) is 0.430. The standard InChI is InChI=1S/C29H38N4O5/c1-8-20-13-10-14-21(17-20)25(26(35)32-24-18(2)11-9-12-19(24)3)33(7)27(36)22(15-16-23(30)34)31-28(37)38-29(4,5)6/h8-14,17,22,25H,1,15-16H2,2-7H3,(H2,30,34)(H,31,37)(H,32,35). The number of primary amides is 1. The third kappa shape index (κ3) is 8.47. The van der Waals surface area contributed by atoms with Crippen LogP contribution in [0.1, 0.15) is 61.9 Å². The molecule has 0 aromatic heterocycles. The van der Waals surface area contributed by atoms with E-state index < -0.39 is 41.5 Å². The first-order valence-electron chi connectivity index (χ1n) is 12.4. The van der Waals surface area contributed by atoms with Crippen LogP contribution in [0.5, 0.6) is 0 Å². The van der Waals surface area contributed by atoms with Crippen LogP contribution in [0.15, 0.2) is 49.0 Å². The van der Waals surface area contributed by atoms with Crippen LogP contribution in [-0.4, -0.2) is 47.4 Å². The van der Waals surface area contributed by atoms with Gasteiger partial charge >= 0.3 is 6.09 Å². The molecule has 0 saturated heterocycles. The summed E-state index contributed by atoms with van der Waals surface area (Å²) in [5, 5.41) is 5.50. The Morgan fingerprint density at radius 1 is 1.08 bits per heavy atom. The van der Waals surface area contributed by atoms with Crippen molar-refractivity contribution in [3.05, 3.63) is 71.3 Å². The second-order valence-electron chi connectivity index (χ2n) is 10.2. The van der Waals surface area contributed by atoms with Crippen LogP contribution in [0.3, 0.4) is 0 Å². The van der Waals surface area contributed by atoms with Crippen LogP contribution in [-0.2, 0) is 19.1 Å². The zero-order valence-corrected chi connectivity index (χ0v) is 23.0. The van der Waals surface area contributed by atoms with Crippen molar-refractivity contribution >= 4 is 35.6 Å². The number of nitrogens with zero attached hydrogens (tertiary/aromatic N) is 1. The molecule has 0 spiro atoms. The minimum Gasteiger partial charge on any atom is -0.444 e. The van der Waals surface area contributed by atoms with Crippen LogP contribution in [0, 0.1) is 13.8 Å². The number of para-hydroxylation sites is 1.